The molecule has 154 valence electrons. The molecule has 3 heterocycles. The molecular formula is C22H34N4O2. The number of aliphatic imine (C=N–C) groups is 1. The topological polar surface area (TPSA) is 49.3 Å². The van der Waals surface area contributed by atoms with Crippen molar-refractivity contribution in [1.82, 2.24) is 10.2 Å². The highest BCUT2D eigenvalue weighted by Crippen LogP contribution is 2.29. The molecule has 0 aliphatic carbocycles. The van der Waals surface area contributed by atoms with Crippen LogP contribution in [0.1, 0.15) is 32.3 Å². The lowest BCUT2D eigenvalue weighted by molar-refractivity contribution is -0.0817. The van der Waals surface area contributed by atoms with Gasteiger partial charge in [0.15, 0.2) is 5.96 Å². The second-order valence-electron chi connectivity index (χ2n) is 8.02. The van der Waals surface area contributed by atoms with Crippen molar-refractivity contribution in [2.24, 2.45) is 4.99 Å². The normalized spacial score (nSPS) is 26.4. The number of rotatable bonds is 5. The van der Waals surface area contributed by atoms with Crippen molar-refractivity contribution in [2.75, 3.05) is 50.8 Å². The zero-order chi connectivity index (χ0) is 19.3. The molecule has 0 bridgehead atoms. The molecule has 3 atom stereocenters. The molecule has 3 aliphatic heterocycles. The highest BCUT2D eigenvalue weighted by molar-refractivity contribution is 5.80. The van der Waals surface area contributed by atoms with Gasteiger partial charge >= 0.3 is 0 Å². The summed E-state index contributed by atoms with van der Waals surface area (Å²) in [4.78, 5) is 9.86. The molecule has 3 unspecified atom stereocenters. The van der Waals surface area contributed by atoms with E-state index in [4.69, 9.17) is 14.5 Å². The lowest BCUT2D eigenvalue weighted by Gasteiger charge is -2.37. The minimum absolute atomic E-state index is 0.156. The number of benzene rings is 1. The average Bonchev–Trinajstić information content (AvgIpc) is 3.41. The minimum atomic E-state index is 0.156. The Balaban J connectivity index is 1.40. The maximum atomic E-state index is 6.01. The summed E-state index contributed by atoms with van der Waals surface area (Å²) >= 11 is 0. The molecule has 0 saturated carbocycles. The molecule has 2 saturated heterocycles. The van der Waals surface area contributed by atoms with Crippen molar-refractivity contribution in [1.29, 1.82) is 0 Å². The second kappa shape index (κ2) is 9.14. The van der Waals surface area contributed by atoms with Gasteiger partial charge in [0.1, 0.15) is 6.10 Å². The average molecular weight is 387 g/mol. The fourth-order valence-corrected chi connectivity index (χ4v) is 4.55. The standard InChI is InChI=1S/C22H34N4O2/c1-3-23-22(25-12-14-28-21(16-25)20-9-6-13-27-20)24-15-17(2)26-11-10-18-7-4-5-8-19(18)26/h4-5,7-8,17,20-21H,3,6,9-16H2,1-2H3,(H,23,24). The SMILES string of the molecule is CCNC(=NCC(C)N1CCc2ccccc21)N1CCOC(C2CCCO2)C1. The number of fused-ring (bicyclic) bond motifs is 1. The number of para-hydroxylation sites is 1. The number of hydrogen-bond acceptors (Lipinski definition) is 4. The summed E-state index contributed by atoms with van der Waals surface area (Å²) in [6.45, 7) is 10.5. The van der Waals surface area contributed by atoms with Gasteiger partial charge in [-0.1, -0.05) is 18.2 Å². The maximum absolute atomic E-state index is 6.01. The highest BCUT2D eigenvalue weighted by atomic mass is 16.5. The first-order valence-corrected chi connectivity index (χ1v) is 10.9. The molecule has 6 heteroatoms. The molecule has 1 N–H and O–H groups in total. The summed E-state index contributed by atoms with van der Waals surface area (Å²) in [5.41, 5.74) is 2.83. The van der Waals surface area contributed by atoms with Gasteiger partial charge in [-0.2, -0.15) is 0 Å². The predicted octanol–water partition coefficient (Wildman–Crippen LogP) is 2.28. The summed E-state index contributed by atoms with van der Waals surface area (Å²) in [7, 11) is 0. The summed E-state index contributed by atoms with van der Waals surface area (Å²) in [5.74, 6) is 1.01. The summed E-state index contributed by atoms with van der Waals surface area (Å²) in [6.07, 6.45) is 3.79. The van der Waals surface area contributed by atoms with Gasteiger partial charge < -0.3 is 24.6 Å². The molecule has 0 spiro atoms. The van der Waals surface area contributed by atoms with Crippen LogP contribution in [-0.4, -0.2) is 75.0 Å². The van der Waals surface area contributed by atoms with Gasteiger partial charge in [-0.15, -0.1) is 0 Å². The molecule has 6 nitrogen and oxygen atoms in total. The first-order valence-electron chi connectivity index (χ1n) is 10.9. The van der Waals surface area contributed by atoms with Gasteiger partial charge in [-0.3, -0.25) is 4.99 Å². The Kier molecular flexibility index (Phi) is 6.37. The van der Waals surface area contributed by atoms with Crippen LogP contribution in [0.5, 0.6) is 0 Å². The molecule has 28 heavy (non-hydrogen) atoms. The maximum Gasteiger partial charge on any atom is 0.194 e. The van der Waals surface area contributed by atoms with Crippen LogP contribution in [0.4, 0.5) is 5.69 Å². The Morgan fingerprint density at radius 2 is 2.07 bits per heavy atom. The third kappa shape index (κ3) is 4.28. The van der Waals surface area contributed by atoms with E-state index < -0.39 is 0 Å². The molecule has 4 rings (SSSR count). The van der Waals surface area contributed by atoms with Crippen molar-refractivity contribution in [3.05, 3.63) is 29.8 Å². The van der Waals surface area contributed by atoms with Crippen LogP contribution in [0.2, 0.25) is 0 Å². The summed E-state index contributed by atoms with van der Waals surface area (Å²) in [6, 6.07) is 9.14. The van der Waals surface area contributed by atoms with E-state index >= 15 is 0 Å². The summed E-state index contributed by atoms with van der Waals surface area (Å²) < 4.78 is 11.9. The van der Waals surface area contributed by atoms with Gasteiger partial charge in [0.25, 0.3) is 0 Å². The number of nitrogens with one attached hydrogen (secondary N) is 1. The van der Waals surface area contributed by atoms with Gasteiger partial charge in [0.05, 0.1) is 19.3 Å². The van der Waals surface area contributed by atoms with Crippen LogP contribution in [0.3, 0.4) is 0 Å². The first-order chi connectivity index (χ1) is 13.8. The molecule has 1 aromatic rings. The van der Waals surface area contributed by atoms with E-state index in [1.54, 1.807) is 0 Å². The third-order valence-corrected chi connectivity index (χ3v) is 6.07. The zero-order valence-corrected chi connectivity index (χ0v) is 17.3. The fourth-order valence-electron chi connectivity index (χ4n) is 4.55. The first kappa shape index (κ1) is 19.5. The lowest BCUT2D eigenvalue weighted by Crippen LogP contribution is -2.53. The van der Waals surface area contributed by atoms with E-state index in [0.717, 1.165) is 71.2 Å². The number of ether oxygens (including phenoxy) is 2. The Morgan fingerprint density at radius 1 is 1.21 bits per heavy atom. The second-order valence-corrected chi connectivity index (χ2v) is 8.02. The number of hydrogen-bond donors (Lipinski definition) is 1. The number of nitrogens with zero attached hydrogens (tertiary/aromatic N) is 3. The molecule has 1 aromatic carbocycles. The minimum Gasteiger partial charge on any atom is -0.375 e. The zero-order valence-electron chi connectivity index (χ0n) is 17.3. The van der Waals surface area contributed by atoms with E-state index in [9.17, 15) is 0 Å². The predicted molar refractivity (Wildman–Crippen MR) is 113 cm³/mol. The number of anilines is 1. The van der Waals surface area contributed by atoms with Crippen LogP contribution in [0.15, 0.2) is 29.3 Å². The van der Waals surface area contributed by atoms with Crippen LogP contribution < -0.4 is 10.2 Å². The van der Waals surface area contributed by atoms with Gasteiger partial charge in [0.2, 0.25) is 0 Å². The number of guanidine groups is 1. The molecule has 3 aliphatic rings. The third-order valence-electron chi connectivity index (χ3n) is 6.07. The largest absolute Gasteiger partial charge is 0.375 e. The highest BCUT2D eigenvalue weighted by Gasteiger charge is 2.32. The monoisotopic (exact) mass is 386 g/mol. The number of morpholine rings is 1. The van der Waals surface area contributed by atoms with Crippen LogP contribution in [0, 0.1) is 0 Å². The quantitative estimate of drug-likeness (QED) is 0.622. The molecular weight excluding hydrogens is 352 g/mol. The van der Waals surface area contributed by atoms with Gasteiger partial charge in [0, 0.05) is 44.5 Å². The van der Waals surface area contributed by atoms with Crippen LogP contribution in [-0.2, 0) is 15.9 Å². The Hall–Kier alpha value is -1.79. The van der Waals surface area contributed by atoms with Crippen LogP contribution >= 0.6 is 0 Å². The Bertz CT molecular complexity index is 674. The van der Waals surface area contributed by atoms with Crippen molar-refractivity contribution in [3.8, 4) is 0 Å². The Labute approximate surface area is 168 Å². The van der Waals surface area contributed by atoms with Crippen molar-refractivity contribution >= 4 is 11.6 Å². The molecule has 0 aromatic heterocycles. The van der Waals surface area contributed by atoms with E-state index in [-0.39, 0.29) is 12.2 Å². The van der Waals surface area contributed by atoms with E-state index in [1.165, 1.54) is 11.3 Å². The Morgan fingerprint density at radius 3 is 2.89 bits per heavy atom. The van der Waals surface area contributed by atoms with Gasteiger partial charge in [-0.25, -0.2) is 0 Å². The van der Waals surface area contributed by atoms with Crippen molar-refractivity contribution < 1.29 is 9.47 Å². The van der Waals surface area contributed by atoms with Crippen molar-refractivity contribution in [3.63, 3.8) is 0 Å². The van der Waals surface area contributed by atoms with Crippen molar-refractivity contribution in [2.45, 2.75) is 51.4 Å². The lowest BCUT2D eigenvalue weighted by atomic mass is 10.1. The molecule has 0 amide bonds. The smallest absolute Gasteiger partial charge is 0.194 e. The van der Waals surface area contributed by atoms with E-state index in [1.807, 2.05) is 0 Å². The van der Waals surface area contributed by atoms with E-state index in [2.05, 4.69) is 53.2 Å². The fraction of sp³-hybridized carbons (Fsp3) is 0.682. The van der Waals surface area contributed by atoms with E-state index in [0.29, 0.717) is 6.04 Å². The molecule has 0 radical (unpaired) electrons. The van der Waals surface area contributed by atoms with Gasteiger partial charge in [-0.05, 0) is 44.7 Å². The summed E-state index contributed by atoms with van der Waals surface area (Å²) in [5, 5.41) is 3.49. The van der Waals surface area contributed by atoms with Crippen LogP contribution in [0.25, 0.3) is 0 Å². The molecule has 2 fully saturated rings.